The first-order valence-corrected chi connectivity index (χ1v) is 8.65. The van der Waals surface area contributed by atoms with E-state index in [4.69, 9.17) is 10.5 Å². The molecule has 3 aromatic rings. The van der Waals surface area contributed by atoms with Crippen molar-refractivity contribution in [2.75, 3.05) is 20.2 Å². The van der Waals surface area contributed by atoms with Gasteiger partial charge in [0.05, 0.1) is 6.42 Å². The molecule has 2 N–H and O–H groups in total. The number of likely N-dealkylation sites (N-methyl/N-ethyl adjacent to an activating group) is 1. The summed E-state index contributed by atoms with van der Waals surface area (Å²) >= 11 is 0. The maximum Gasteiger partial charge on any atom is 0.227 e. The van der Waals surface area contributed by atoms with Gasteiger partial charge in [0.2, 0.25) is 5.91 Å². The summed E-state index contributed by atoms with van der Waals surface area (Å²) in [7, 11) is 1.83. The Balaban J connectivity index is 1.64. The predicted molar refractivity (Wildman–Crippen MR) is 103 cm³/mol. The Hall–Kier alpha value is -2.92. The molecular formula is C21H23N3O2. The number of aromatic nitrogens is 1. The van der Waals surface area contributed by atoms with E-state index < -0.39 is 0 Å². The summed E-state index contributed by atoms with van der Waals surface area (Å²) < 4.78 is 5.46. The molecule has 0 saturated heterocycles. The third kappa shape index (κ3) is 4.37. The Morgan fingerprint density at radius 1 is 1.15 bits per heavy atom. The predicted octanol–water partition coefficient (Wildman–Crippen LogP) is 2.77. The SMILES string of the molecule is CN(Cc1cccc2cnccc12)C(=O)Cc1ccc(OCCN)cc1. The van der Waals surface area contributed by atoms with Gasteiger partial charge >= 0.3 is 0 Å². The minimum atomic E-state index is 0.0756. The second-order valence-corrected chi connectivity index (χ2v) is 6.22. The number of rotatable bonds is 7. The van der Waals surface area contributed by atoms with Crippen LogP contribution in [0.1, 0.15) is 11.1 Å². The lowest BCUT2D eigenvalue weighted by Gasteiger charge is -2.18. The number of carbonyl (C=O) groups excluding carboxylic acids is 1. The zero-order valence-corrected chi connectivity index (χ0v) is 14.9. The van der Waals surface area contributed by atoms with Crippen LogP contribution in [-0.2, 0) is 17.8 Å². The van der Waals surface area contributed by atoms with Crippen LogP contribution in [0.4, 0.5) is 0 Å². The molecule has 0 spiro atoms. The third-order valence-electron chi connectivity index (χ3n) is 4.27. The number of ether oxygens (including phenoxy) is 1. The normalized spacial score (nSPS) is 10.7. The van der Waals surface area contributed by atoms with E-state index in [2.05, 4.69) is 11.1 Å². The lowest BCUT2D eigenvalue weighted by Crippen LogP contribution is -2.27. The molecule has 1 aromatic heterocycles. The van der Waals surface area contributed by atoms with E-state index in [0.717, 1.165) is 27.6 Å². The topological polar surface area (TPSA) is 68.5 Å². The Morgan fingerprint density at radius 3 is 2.73 bits per heavy atom. The Morgan fingerprint density at radius 2 is 1.96 bits per heavy atom. The molecule has 5 heteroatoms. The second-order valence-electron chi connectivity index (χ2n) is 6.22. The van der Waals surface area contributed by atoms with Crippen LogP contribution in [0.5, 0.6) is 5.75 Å². The van der Waals surface area contributed by atoms with Crippen molar-refractivity contribution in [2.24, 2.45) is 5.73 Å². The summed E-state index contributed by atoms with van der Waals surface area (Å²) in [6.45, 7) is 1.54. The zero-order chi connectivity index (χ0) is 18.4. The van der Waals surface area contributed by atoms with Crippen molar-refractivity contribution in [3.63, 3.8) is 0 Å². The van der Waals surface area contributed by atoms with Crippen molar-refractivity contribution in [3.8, 4) is 5.75 Å². The summed E-state index contributed by atoms with van der Waals surface area (Å²) in [6.07, 6.45) is 3.98. The summed E-state index contributed by atoms with van der Waals surface area (Å²) in [4.78, 5) is 18.5. The minimum Gasteiger partial charge on any atom is -0.492 e. The largest absolute Gasteiger partial charge is 0.492 e. The van der Waals surface area contributed by atoms with E-state index in [-0.39, 0.29) is 5.91 Å². The van der Waals surface area contributed by atoms with Crippen molar-refractivity contribution >= 4 is 16.7 Å². The lowest BCUT2D eigenvalue weighted by atomic mass is 10.1. The Kier molecular flexibility index (Phi) is 5.81. The van der Waals surface area contributed by atoms with Gasteiger partial charge in [0.25, 0.3) is 0 Å². The molecule has 1 heterocycles. The molecule has 0 aliphatic heterocycles. The molecule has 3 rings (SSSR count). The van der Waals surface area contributed by atoms with E-state index in [1.54, 1.807) is 11.1 Å². The maximum atomic E-state index is 12.6. The first kappa shape index (κ1) is 17.9. The standard InChI is InChI=1S/C21H23N3O2/c1-24(15-18-4-2-3-17-14-23-11-9-20(17)18)21(25)13-16-5-7-19(8-6-16)26-12-10-22/h2-9,11,14H,10,12-13,15,22H2,1H3. The monoisotopic (exact) mass is 349 g/mol. The molecule has 0 atom stereocenters. The van der Waals surface area contributed by atoms with Crippen LogP contribution < -0.4 is 10.5 Å². The van der Waals surface area contributed by atoms with Gasteiger partial charge in [0.1, 0.15) is 12.4 Å². The minimum absolute atomic E-state index is 0.0756. The van der Waals surface area contributed by atoms with Gasteiger partial charge in [-0.2, -0.15) is 0 Å². The van der Waals surface area contributed by atoms with Gasteiger partial charge in [-0.05, 0) is 34.7 Å². The van der Waals surface area contributed by atoms with Crippen LogP contribution in [0.25, 0.3) is 10.8 Å². The number of pyridine rings is 1. The molecule has 2 aromatic carbocycles. The number of amides is 1. The number of carbonyl (C=O) groups is 1. The Labute approximate surface area is 153 Å². The summed E-state index contributed by atoms with van der Waals surface area (Å²) in [5, 5.41) is 2.21. The number of hydrogen-bond donors (Lipinski definition) is 1. The highest BCUT2D eigenvalue weighted by atomic mass is 16.5. The molecule has 0 aliphatic carbocycles. The molecule has 134 valence electrons. The quantitative estimate of drug-likeness (QED) is 0.712. The first-order chi connectivity index (χ1) is 12.7. The van der Waals surface area contributed by atoms with Crippen molar-refractivity contribution in [1.82, 2.24) is 9.88 Å². The number of fused-ring (bicyclic) bond motifs is 1. The van der Waals surface area contributed by atoms with Crippen LogP contribution in [0, 0.1) is 0 Å². The number of nitrogens with zero attached hydrogens (tertiary/aromatic N) is 2. The molecule has 0 bridgehead atoms. The van der Waals surface area contributed by atoms with Gasteiger partial charge in [-0.15, -0.1) is 0 Å². The van der Waals surface area contributed by atoms with Crippen LogP contribution in [0.3, 0.4) is 0 Å². The van der Waals surface area contributed by atoms with Gasteiger partial charge in [-0.1, -0.05) is 30.3 Å². The van der Waals surface area contributed by atoms with E-state index >= 15 is 0 Å². The fourth-order valence-electron chi connectivity index (χ4n) is 2.86. The highest BCUT2D eigenvalue weighted by Gasteiger charge is 2.12. The molecule has 26 heavy (non-hydrogen) atoms. The van der Waals surface area contributed by atoms with E-state index in [1.807, 2.05) is 55.7 Å². The van der Waals surface area contributed by atoms with Crippen molar-refractivity contribution in [1.29, 1.82) is 0 Å². The van der Waals surface area contributed by atoms with Crippen molar-refractivity contribution < 1.29 is 9.53 Å². The van der Waals surface area contributed by atoms with E-state index in [0.29, 0.717) is 26.1 Å². The summed E-state index contributed by atoms with van der Waals surface area (Å²) in [6, 6.07) is 15.6. The summed E-state index contributed by atoms with van der Waals surface area (Å²) in [5.74, 6) is 0.844. The van der Waals surface area contributed by atoms with Gasteiger partial charge in [0.15, 0.2) is 0 Å². The van der Waals surface area contributed by atoms with Gasteiger partial charge in [-0.25, -0.2) is 0 Å². The molecule has 0 unspecified atom stereocenters. The van der Waals surface area contributed by atoms with Crippen molar-refractivity contribution in [2.45, 2.75) is 13.0 Å². The van der Waals surface area contributed by atoms with Crippen molar-refractivity contribution in [3.05, 3.63) is 72.1 Å². The lowest BCUT2D eigenvalue weighted by molar-refractivity contribution is -0.129. The molecular weight excluding hydrogens is 326 g/mol. The van der Waals surface area contributed by atoms with Gasteiger partial charge < -0.3 is 15.4 Å². The average molecular weight is 349 g/mol. The molecule has 1 amide bonds. The zero-order valence-electron chi connectivity index (χ0n) is 14.9. The van der Waals surface area contributed by atoms with Crippen LogP contribution in [-0.4, -0.2) is 36.0 Å². The molecule has 0 fully saturated rings. The molecule has 5 nitrogen and oxygen atoms in total. The number of hydrogen-bond acceptors (Lipinski definition) is 4. The third-order valence-corrected chi connectivity index (χ3v) is 4.27. The van der Waals surface area contributed by atoms with E-state index in [9.17, 15) is 4.79 Å². The fourth-order valence-corrected chi connectivity index (χ4v) is 2.86. The molecule has 0 saturated carbocycles. The van der Waals surface area contributed by atoms with E-state index in [1.165, 1.54) is 0 Å². The first-order valence-electron chi connectivity index (χ1n) is 8.65. The highest BCUT2D eigenvalue weighted by molar-refractivity contribution is 5.85. The Bertz CT molecular complexity index is 873. The fraction of sp³-hybridized carbons (Fsp3) is 0.238. The number of nitrogens with two attached hydrogens (primary N) is 1. The van der Waals surface area contributed by atoms with Crippen LogP contribution in [0.15, 0.2) is 60.9 Å². The average Bonchev–Trinajstić information content (AvgIpc) is 2.67. The second kappa shape index (κ2) is 8.45. The maximum absolute atomic E-state index is 12.6. The molecule has 0 radical (unpaired) electrons. The molecule has 0 aliphatic rings. The van der Waals surface area contributed by atoms with Gasteiger partial charge in [0, 0.05) is 37.9 Å². The van der Waals surface area contributed by atoms with Crippen LogP contribution in [0.2, 0.25) is 0 Å². The van der Waals surface area contributed by atoms with Crippen LogP contribution >= 0.6 is 0 Å². The summed E-state index contributed by atoms with van der Waals surface area (Å²) in [5.41, 5.74) is 7.50. The van der Waals surface area contributed by atoms with Gasteiger partial charge in [-0.3, -0.25) is 9.78 Å². The highest BCUT2D eigenvalue weighted by Crippen LogP contribution is 2.19. The smallest absolute Gasteiger partial charge is 0.227 e. The number of benzene rings is 2.